The average molecular weight is 461 g/mol. The van der Waals surface area contributed by atoms with E-state index in [0.717, 1.165) is 0 Å². The number of carboxylic acids is 1. The molecular weight excluding hydrogens is 442 g/mol. The highest BCUT2D eigenvalue weighted by Gasteiger charge is 2.34. The highest BCUT2D eigenvalue weighted by Crippen LogP contribution is 2.25. The van der Waals surface area contributed by atoms with Gasteiger partial charge in [0.05, 0.1) is 17.9 Å². The summed E-state index contributed by atoms with van der Waals surface area (Å²) in [6.45, 7) is 2.38. The van der Waals surface area contributed by atoms with E-state index in [1.165, 1.54) is 23.1 Å². The second-order valence-electron chi connectivity index (χ2n) is 7.04. The van der Waals surface area contributed by atoms with E-state index in [9.17, 15) is 19.5 Å². The van der Waals surface area contributed by atoms with Crippen LogP contribution >= 0.6 is 12.2 Å². The van der Waals surface area contributed by atoms with Crippen LogP contribution in [0.4, 0.5) is 5.69 Å². The van der Waals surface area contributed by atoms with Crippen molar-refractivity contribution in [2.45, 2.75) is 6.92 Å². The molecule has 1 aliphatic heterocycles. The molecule has 0 radical (unpaired) electrons. The Morgan fingerprint density at radius 1 is 1.09 bits per heavy atom. The Morgan fingerprint density at radius 3 is 2.55 bits per heavy atom. The van der Waals surface area contributed by atoms with Gasteiger partial charge in [-0.25, -0.2) is 4.79 Å². The third kappa shape index (κ3) is 4.39. The molecule has 3 aromatic rings. The third-order valence-electron chi connectivity index (χ3n) is 4.95. The normalized spacial score (nSPS) is 15.0. The van der Waals surface area contributed by atoms with Gasteiger partial charge in [0.1, 0.15) is 11.3 Å². The van der Waals surface area contributed by atoms with Crippen LogP contribution in [0.5, 0.6) is 5.75 Å². The lowest BCUT2D eigenvalue weighted by Crippen LogP contribution is -2.54. The van der Waals surface area contributed by atoms with Crippen molar-refractivity contribution in [3.63, 3.8) is 0 Å². The Labute approximate surface area is 194 Å². The Morgan fingerprint density at radius 2 is 1.85 bits per heavy atom. The largest absolute Gasteiger partial charge is 0.494 e. The van der Waals surface area contributed by atoms with Crippen molar-refractivity contribution in [3.8, 4) is 11.4 Å². The number of ether oxygens (including phenoxy) is 1. The number of thiocarbonyl (C=S) groups is 1. The van der Waals surface area contributed by atoms with Gasteiger partial charge in [-0.1, -0.05) is 6.07 Å². The van der Waals surface area contributed by atoms with Gasteiger partial charge in [0.25, 0.3) is 11.8 Å². The molecule has 0 atom stereocenters. The zero-order chi connectivity index (χ0) is 23.5. The van der Waals surface area contributed by atoms with Gasteiger partial charge >= 0.3 is 5.97 Å². The molecule has 0 saturated carbocycles. The van der Waals surface area contributed by atoms with E-state index in [1.807, 2.05) is 6.92 Å². The van der Waals surface area contributed by atoms with Crippen molar-refractivity contribution in [3.05, 3.63) is 83.7 Å². The van der Waals surface area contributed by atoms with Crippen molar-refractivity contribution in [1.82, 2.24) is 9.88 Å². The number of carbonyl (C=O) groups excluding carboxylic acids is 2. The Balaban J connectivity index is 1.70. The van der Waals surface area contributed by atoms with Crippen molar-refractivity contribution >= 4 is 46.9 Å². The molecule has 1 aromatic heterocycles. The van der Waals surface area contributed by atoms with E-state index in [-0.39, 0.29) is 16.2 Å². The molecule has 0 spiro atoms. The molecule has 1 aliphatic rings. The Kier molecular flexibility index (Phi) is 6.05. The number of amides is 2. The van der Waals surface area contributed by atoms with E-state index in [2.05, 4.69) is 5.32 Å². The quantitative estimate of drug-likeness (QED) is 0.332. The van der Waals surface area contributed by atoms with Crippen LogP contribution in [-0.2, 0) is 9.59 Å². The molecule has 9 heteroatoms. The summed E-state index contributed by atoms with van der Waals surface area (Å²) in [4.78, 5) is 38.5. The average Bonchev–Trinajstić information content (AvgIpc) is 3.26. The van der Waals surface area contributed by atoms with Crippen molar-refractivity contribution < 1.29 is 24.2 Å². The highest BCUT2D eigenvalue weighted by atomic mass is 32.1. The molecule has 33 heavy (non-hydrogen) atoms. The minimum atomic E-state index is -1.05. The maximum Gasteiger partial charge on any atom is 0.335 e. The van der Waals surface area contributed by atoms with Crippen LogP contribution < -0.4 is 15.0 Å². The van der Waals surface area contributed by atoms with E-state index in [1.54, 1.807) is 59.3 Å². The summed E-state index contributed by atoms with van der Waals surface area (Å²) in [6.07, 6.45) is 3.17. The van der Waals surface area contributed by atoms with Crippen molar-refractivity contribution in [2.75, 3.05) is 11.5 Å². The van der Waals surface area contributed by atoms with E-state index >= 15 is 0 Å². The summed E-state index contributed by atoms with van der Waals surface area (Å²) >= 11 is 5.24. The predicted octanol–water partition coefficient (Wildman–Crippen LogP) is 3.41. The lowest BCUT2D eigenvalue weighted by molar-refractivity contribution is -0.122. The van der Waals surface area contributed by atoms with Gasteiger partial charge in [-0.15, -0.1) is 0 Å². The zero-order valence-corrected chi connectivity index (χ0v) is 18.3. The second-order valence-corrected chi connectivity index (χ2v) is 7.43. The standard InChI is InChI=1S/C24H19N3O5S/c1-2-32-19-10-8-16(9-11-19)27-22(29)20(21(28)25-24(27)33)14-18-7-4-12-26(18)17-6-3-5-15(13-17)23(30)31/h3-14H,2H2,1H3,(H,30,31)(H,25,28,33). The summed E-state index contributed by atoms with van der Waals surface area (Å²) in [5.41, 5.74) is 1.61. The van der Waals surface area contributed by atoms with Gasteiger partial charge in [0.15, 0.2) is 5.11 Å². The summed E-state index contributed by atoms with van der Waals surface area (Å²) in [7, 11) is 0. The number of hydrogen-bond donors (Lipinski definition) is 2. The van der Waals surface area contributed by atoms with Crippen LogP contribution in [0.25, 0.3) is 11.8 Å². The monoisotopic (exact) mass is 461 g/mol. The van der Waals surface area contributed by atoms with Gasteiger partial charge in [-0.3, -0.25) is 19.8 Å². The molecule has 166 valence electrons. The molecule has 0 bridgehead atoms. The van der Waals surface area contributed by atoms with E-state index < -0.39 is 17.8 Å². The Bertz CT molecular complexity index is 1290. The van der Waals surface area contributed by atoms with Gasteiger partial charge in [-0.05, 0) is 79.8 Å². The predicted molar refractivity (Wildman–Crippen MR) is 127 cm³/mol. The maximum atomic E-state index is 13.3. The third-order valence-corrected chi connectivity index (χ3v) is 5.24. The zero-order valence-electron chi connectivity index (χ0n) is 17.5. The smallest absolute Gasteiger partial charge is 0.335 e. The first kappa shape index (κ1) is 22.0. The molecule has 2 aromatic carbocycles. The fourth-order valence-corrected chi connectivity index (χ4v) is 3.71. The van der Waals surface area contributed by atoms with Crippen LogP contribution in [-0.4, -0.2) is 39.2 Å². The van der Waals surface area contributed by atoms with Crippen LogP contribution in [0, 0.1) is 0 Å². The lowest BCUT2D eigenvalue weighted by Gasteiger charge is -2.29. The van der Waals surface area contributed by atoms with Crippen molar-refractivity contribution in [2.24, 2.45) is 0 Å². The number of hydrogen-bond acceptors (Lipinski definition) is 5. The molecule has 2 heterocycles. The fraction of sp³-hybridized carbons (Fsp3) is 0.0833. The lowest BCUT2D eigenvalue weighted by atomic mass is 10.1. The number of nitrogens with one attached hydrogen (secondary N) is 1. The van der Waals surface area contributed by atoms with Crippen LogP contribution in [0.15, 0.2) is 72.4 Å². The van der Waals surface area contributed by atoms with E-state index in [4.69, 9.17) is 17.0 Å². The fourth-order valence-electron chi connectivity index (χ4n) is 3.43. The number of rotatable bonds is 6. The number of nitrogens with zero attached hydrogens (tertiary/aromatic N) is 2. The van der Waals surface area contributed by atoms with Gasteiger partial charge in [0, 0.05) is 17.6 Å². The molecule has 0 unspecified atom stereocenters. The molecule has 1 fully saturated rings. The molecule has 8 nitrogen and oxygen atoms in total. The topological polar surface area (TPSA) is 101 Å². The molecule has 4 rings (SSSR count). The van der Waals surface area contributed by atoms with Crippen LogP contribution in [0.1, 0.15) is 23.0 Å². The SMILES string of the molecule is CCOc1ccc(N2C(=O)C(=Cc3cccn3-c3cccc(C(=O)O)c3)C(=O)NC2=S)cc1. The Hall–Kier alpha value is -4.24. The summed E-state index contributed by atoms with van der Waals surface area (Å²) in [5, 5.41) is 11.8. The number of benzene rings is 2. The first-order chi connectivity index (χ1) is 15.9. The number of aromatic nitrogens is 1. The number of carbonyl (C=O) groups is 3. The molecule has 1 saturated heterocycles. The maximum absolute atomic E-state index is 13.3. The van der Waals surface area contributed by atoms with Crippen LogP contribution in [0.2, 0.25) is 0 Å². The summed E-state index contributed by atoms with van der Waals surface area (Å²) < 4.78 is 7.12. The van der Waals surface area contributed by atoms with Gasteiger partial charge < -0.3 is 14.4 Å². The minimum Gasteiger partial charge on any atom is -0.494 e. The second kappa shape index (κ2) is 9.09. The number of aromatic carboxylic acids is 1. The highest BCUT2D eigenvalue weighted by molar-refractivity contribution is 7.80. The van der Waals surface area contributed by atoms with Gasteiger partial charge in [-0.2, -0.15) is 0 Å². The summed E-state index contributed by atoms with van der Waals surface area (Å²) in [6, 6.07) is 16.6. The molecule has 0 aliphatic carbocycles. The van der Waals surface area contributed by atoms with Crippen LogP contribution in [0.3, 0.4) is 0 Å². The van der Waals surface area contributed by atoms with Crippen molar-refractivity contribution in [1.29, 1.82) is 0 Å². The summed E-state index contributed by atoms with van der Waals surface area (Å²) in [5.74, 6) is -1.58. The number of anilines is 1. The minimum absolute atomic E-state index is 0.0177. The molecule has 2 amide bonds. The molecular formula is C24H19N3O5S. The van der Waals surface area contributed by atoms with E-state index in [0.29, 0.717) is 29.4 Å². The number of carboxylic acid groups (broad SMARTS) is 1. The first-order valence-corrected chi connectivity index (χ1v) is 10.4. The first-order valence-electron chi connectivity index (χ1n) is 10.0. The molecule has 2 N–H and O–H groups in total. The van der Waals surface area contributed by atoms with Gasteiger partial charge in [0.2, 0.25) is 0 Å².